The first-order chi connectivity index (χ1) is 13.7. The highest BCUT2D eigenvalue weighted by Crippen LogP contribution is 2.32. The van der Waals surface area contributed by atoms with Crippen molar-refractivity contribution in [2.24, 2.45) is 5.92 Å². The van der Waals surface area contributed by atoms with Crippen molar-refractivity contribution >= 4 is 23.2 Å². The van der Waals surface area contributed by atoms with E-state index in [0.29, 0.717) is 19.1 Å². The number of hydrogen-bond acceptors (Lipinski definition) is 4. The molecule has 2 aliphatic rings. The second-order valence-electron chi connectivity index (χ2n) is 7.61. The van der Waals surface area contributed by atoms with Crippen LogP contribution in [0.2, 0.25) is 0 Å². The molecule has 0 radical (unpaired) electrons. The van der Waals surface area contributed by atoms with E-state index >= 15 is 0 Å². The lowest BCUT2D eigenvalue weighted by molar-refractivity contribution is -0.138. The Morgan fingerprint density at radius 3 is 2.61 bits per heavy atom. The third-order valence-corrected chi connectivity index (χ3v) is 6.43. The Morgan fingerprint density at radius 1 is 1.18 bits per heavy atom. The molecule has 1 aliphatic heterocycles. The van der Waals surface area contributed by atoms with Crippen LogP contribution in [0, 0.1) is 5.92 Å². The van der Waals surface area contributed by atoms with E-state index in [1.165, 1.54) is 11.3 Å². The molecule has 1 aliphatic carbocycles. The van der Waals surface area contributed by atoms with Gasteiger partial charge in [0.15, 0.2) is 0 Å². The van der Waals surface area contributed by atoms with E-state index in [2.05, 4.69) is 0 Å². The van der Waals surface area contributed by atoms with Crippen molar-refractivity contribution in [1.82, 2.24) is 9.80 Å². The monoisotopic (exact) mass is 398 g/mol. The zero-order valence-electron chi connectivity index (χ0n) is 16.2. The van der Waals surface area contributed by atoms with Crippen molar-refractivity contribution in [1.29, 1.82) is 0 Å². The smallest absolute Gasteiger partial charge is 0.263 e. The highest BCUT2D eigenvalue weighted by molar-refractivity contribution is 7.12. The number of carbonyl (C=O) groups excluding carboxylic acids is 2. The van der Waals surface area contributed by atoms with Gasteiger partial charge in [-0.05, 0) is 54.8 Å². The van der Waals surface area contributed by atoms with Gasteiger partial charge in [0.05, 0.1) is 17.9 Å². The first-order valence-electron chi connectivity index (χ1n) is 9.92. The highest BCUT2D eigenvalue weighted by Gasteiger charge is 2.38. The van der Waals surface area contributed by atoms with Crippen LogP contribution in [0.5, 0.6) is 5.75 Å². The van der Waals surface area contributed by atoms with Gasteiger partial charge in [-0.2, -0.15) is 0 Å². The summed E-state index contributed by atoms with van der Waals surface area (Å²) in [5.41, 5.74) is 1.11. The number of carbonyl (C=O) groups is 2. The van der Waals surface area contributed by atoms with Crippen LogP contribution < -0.4 is 4.74 Å². The Morgan fingerprint density at radius 2 is 1.96 bits per heavy atom. The summed E-state index contributed by atoms with van der Waals surface area (Å²) in [4.78, 5) is 30.7. The quantitative estimate of drug-likeness (QED) is 0.744. The Balaban J connectivity index is 1.43. The first kappa shape index (κ1) is 19.0. The number of piperidine rings is 1. The largest absolute Gasteiger partial charge is 0.497 e. The van der Waals surface area contributed by atoms with Crippen LogP contribution in [0.1, 0.15) is 40.9 Å². The number of methoxy groups -OCH3 is 1. The molecule has 0 spiro atoms. The second kappa shape index (κ2) is 8.35. The molecule has 28 heavy (non-hydrogen) atoms. The minimum absolute atomic E-state index is 0.0561. The number of likely N-dealkylation sites (tertiary alicyclic amines) is 1. The fourth-order valence-electron chi connectivity index (χ4n) is 3.85. The third kappa shape index (κ3) is 4.22. The van der Waals surface area contributed by atoms with Crippen LogP contribution in [0.15, 0.2) is 41.8 Å². The molecular weight excluding hydrogens is 372 g/mol. The van der Waals surface area contributed by atoms with Gasteiger partial charge in [-0.25, -0.2) is 0 Å². The van der Waals surface area contributed by atoms with Crippen molar-refractivity contribution in [3.63, 3.8) is 0 Å². The van der Waals surface area contributed by atoms with Crippen molar-refractivity contribution in [3.8, 4) is 5.75 Å². The van der Waals surface area contributed by atoms with E-state index in [0.717, 1.165) is 48.4 Å². The standard InChI is InChI=1S/C22H26N2O3S/c1-27-19-10-6-16(7-11-19)14-24(18-8-9-18)21(25)17-4-2-12-23(15-17)22(26)20-5-3-13-28-20/h3,5-7,10-11,13,17-18H,2,4,8-9,12,14-15H2,1H3/t17-/m1/s1. The Labute approximate surface area is 169 Å². The molecule has 6 heteroatoms. The maximum atomic E-state index is 13.3. The Bertz CT molecular complexity index is 815. The van der Waals surface area contributed by atoms with Gasteiger partial charge in [-0.3, -0.25) is 9.59 Å². The summed E-state index contributed by atoms with van der Waals surface area (Å²) in [5.74, 6) is 0.974. The van der Waals surface area contributed by atoms with E-state index in [-0.39, 0.29) is 17.7 Å². The van der Waals surface area contributed by atoms with Gasteiger partial charge in [-0.15, -0.1) is 11.3 Å². The van der Waals surface area contributed by atoms with Crippen molar-refractivity contribution in [2.45, 2.75) is 38.3 Å². The summed E-state index contributed by atoms with van der Waals surface area (Å²) in [6, 6.07) is 12.0. The van der Waals surface area contributed by atoms with Crippen molar-refractivity contribution < 1.29 is 14.3 Å². The van der Waals surface area contributed by atoms with Crippen LogP contribution >= 0.6 is 11.3 Å². The number of amides is 2. The normalized spacial score (nSPS) is 19.3. The number of nitrogens with zero attached hydrogens (tertiary/aromatic N) is 2. The minimum atomic E-state index is -0.100. The summed E-state index contributed by atoms with van der Waals surface area (Å²) >= 11 is 1.46. The fourth-order valence-corrected chi connectivity index (χ4v) is 4.55. The molecule has 1 aromatic heterocycles. The summed E-state index contributed by atoms with van der Waals surface area (Å²) < 4.78 is 5.22. The molecule has 2 aromatic rings. The van der Waals surface area contributed by atoms with Crippen LogP contribution in [0.4, 0.5) is 0 Å². The zero-order valence-corrected chi connectivity index (χ0v) is 17.0. The molecule has 1 aromatic carbocycles. The van der Waals surface area contributed by atoms with Gasteiger partial charge in [0.1, 0.15) is 5.75 Å². The lowest BCUT2D eigenvalue weighted by atomic mass is 9.96. The third-order valence-electron chi connectivity index (χ3n) is 5.57. The van der Waals surface area contributed by atoms with Crippen LogP contribution in [0.25, 0.3) is 0 Å². The van der Waals surface area contributed by atoms with Gasteiger partial charge in [0.25, 0.3) is 5.91 Å². The molecule has 0 N–H and O–H groups in total. The summed E-state index contributed by atoms with van der Waals surface area (Å²) in [7, 11) is 1.65. The molecule has 1 atom stereocenters. The van der Waals surface area contributed by atoms with E-state index < -0.39 is 0 Å². The van der Waals surface area contributed by atoms with Gasteiger partial charge in [-0.1, -0.05) is 18.2 Å². The van der Waals surface area contributed by atoms with Gasteiger partial charge in [0.2, 0.25) is 5.91 Å². The van der Waals surface area contributed by atoms with Gasteiger partial charge in [0, 0.05) is 25.7 Å². The SMILES string of the molecule is COc1ccc(CN(C(=O)[C@@H]2CCCN(C(=O)c3cccs3)C2)C2CC2)cc1. The number of thiophene rings is 1. The van der Waals surface area contributed by atoms with Crippen molar-refractivity contribution in [2.75, 3.05) is 20.2 Å². The van der Waals surface area contributed by atoms with Crippen LogP contribution in [-0.2, 0) is 11.3 Å². The molecular formula is C22H26N2O3S. The minimum Gasteiger partial charge on any atom is -0.497 e. The Hall–Kier alpha value is -2.34. The van der Waals surface area contributed by atoms with E-state index in [1.807, 2.05) is 51.6 Å². The molecule has 0 bridgehead atoms. The number of rotatable bonds is 6. The lowest BCUT2D eigenvalue weighted by Gasteiger charge is -2.35. The fraction of sp³-hybridized carbons (Fsp3) is 0.455. The van der Waals surface area contributed by atoms with Crippen LogP contribution in [-0.4, -0.2) is 47.9 Å². The maximum Gasteiger partial charge on any atom is 0.263 e. The highest BCUT2D eigenvalue weighted by atomic mass is 32.1. The van der Waals surface area contributed by atoms with E-state index in [4.69, 9.17) is 4.74 Å². The second-order valence-corrected chi connectivity index (χ2v) is 8.56. The maximum absolute atomic E-state index is 13.3. The zero-order chi connectivity index (χ0) is 19.5. The topological polar surface area (TPSA) is 49.9 Å². The van der Waals surface area contributed by atoms with Gasteiger partial charge < -0.3 is 14.5 Å². The summed E-state index contributed by atoms with van der Waals surface area (Å²) in [6.45, 7) is 1.90. The average molecular weight is 399 g/mol. The predicted octanol–water partition coefficient (Wildman–Crippen LogP) is 3.80. The molecule has 0 unspecified atom stereocenters. The molecule has 5 nitrogen and oxygen atoms in total. The first-order valence-corrected chi connectivity index (χ1v) is 10.8. The molecule has 4 rings (SSSR count). The summed E-state index contributed by atoms with van der Waals surface area (Å²) in [5, 5.41) is 1.92. The number of ether oxygens (including phenoxy) is 1. The Kier molecular flexibility index (Phi) is 5.67. The van der Waals surface area contributed by atoms with E-state index in [1.54, 1.807) is 7.11 Å². The molecule has 1 saturated heterocycles. The lowest BCUT2D eigenvalue weighted by Crippen LogP contribution is -2.47. The molecule has 2 heterocycles. The number of benzene rings is 1. The average Bonchev–Trinajstić information content (AvgIpc) is 3.44. The number of hydrogen-bond donors (Lipinski definition) is 0. The van der Waals surface area contributed by atoms with Gasteiger partial charge >= 0.3 is 0 Å². The van der Waals surface area contributed by atoms with Crippen LogP contribution in [0.3, 0.4) is 0 Å². The molecule has 1 saturated carbocycles. The molecule has 2 amide bonds. The molecule has 2 fully saturated rings. The summed E-state index contributed by atoms with van der Waals surface area (Å²) in [6.07, 6.45) is 3.90. The van der Waals surface area contributed by atoms with E-state index in [9.17, 15) is 9.59 Å². The molecule has 148 valence electrons. The van der Waals surface area contributed by atoms with Crippen molar-refractivity contribution in [3.05, 3.63) is 52.2 Å². The predicted molar refractivity (Wildman–Crippen MR) is 110 cm³/mol.